The minimum absolute atomic E-state index is 0.393. The third kappa shape index (κ3) is 1.92. The van der Waals surface area contributed by atoms with Gasteiger partial charge in [-0.05, 0) is 37.5 Å². The first kappa shape index (κ1) is 11.7. The van der Waals surface area contributed by atoms with Gasteiger partial charge in [-0.15, -0.1) is 0 Å². The number of nitrogens with zero attached hydrogens (tertiary/aromatic N) is 1. The number of isocyanates is 1. The van der Waals surface area contributed by atoms with Crippen LogP contribution in [0.5, 0.6) is 11.5 Å². The molecule has 0 amide bonds. The van der Waals surface area contributed by atoms with E-state index in [2.05, 4.69) is 4.99 Å². The number of ether oxygens (including phenoxy) is 2. The third-order valence-corrected chi connectivity index (χ3v) is 3.27. The van der Waals surface area contributed by atoms with Gasteiger partial charge in [-0.2, -0.15) is 4.99 Å². The molecule has 4 nitrogen and oxygen atoms in total. The average Bonchev–Trinajstić information content (AvgIpc) is 3.11. The maximum absolute atomic E-state index is 10.5. The Kier molecular flexibility index (Phi) is 2.90. The molecule has 17 heavy (non-hydrogen) atoms. The molecule has 4 heteroatoms. The molecule has 0 unspecified atom stereocenters. The fourth-order valence-electron chi connectivity index (χ4n) is 2.03. The van der Waals surface area contributed by atoms with Gasteiger partial charge in [-0.1, -0.05) is 0 Å². The van der Waals surface area contributed by atoms with E-state index in [1.54, 1.807) is 20.3 Å². The lowest BCUT2D eigenvalue weighted by molar-refractivity contribution is 0.387. The highest BCUT2D eigenvalue weighted by Crippen LogP contribution is 2.51. The Morgan fingerprint density at radius 1 is 1.24 bits per heavy atom. The maximum Gasteiger partial charge on any atom is 0.235 e. The van der Waals surface area contributed by atoms with Crippen molar-refractivity contribution in [1.82, 2.24) is 0 Å². The fraction of sp³-hybridized carbons (Fsp3) is 0.462. The zero-order valence-electron chi connectivity index (χ0n) is 10.2. The van der Waals surface area contributed by atoms with Crippen molar-refractivity contribution in [1.29, 1.82) is 0 Å². The first-order chi connectivity index (χ1) is 8.16. The number of benzene rings is 1. The van der Waals surface area contributed by atoms with Crippen LogP contribution in [0.25, 0.3) is 0 Å². The number of hydrogen-bond acceptors (Lipinski definition) is 4. The maximum atomic E-state index is 10.5. The van der Waals surface area contributed by atoms with Gasteiger partial charge in [0.1, 0.15) is 11.5 Å². The predicted octanol–water partition coefficient (Wildman–Crippen LogP) is 2.34. The molecule has 0 aliphatic heterocycles. The van der Waals surface area contributed by atoms with Crippen LogP contribution < -0.4 is 9.47 Å². The van der Waals surface area contributed by atoms with E-state index in [-0.39, 0.29) is 0 Å². The molecule has 2 rings (SSSR count). The van der Waals surface area contributed by atoms with Gasteiger partial charge in [0, 0.05) is 5.56 Å². The molecule has 1 aromatic rings. The second-order valence-electron chi connectivity index (χ2n) is 4.24. The molecule has 0 atom stereocenters. The zero-order chi connectivity index (χ0) is 12.5. The average molecular weight is 233 g/mol. The highest BCUT2D eigenvalue weighted by Gasteiger charge is 2.45. The van der Waals surface area contributed by atoms with Crippen LogP contribution in [0.1, 0.15) is 24.0 Å². The SMILES string of the molecule is COc1cc(C2(N=C=O)CC2)cc(OC)c1C. The van der Waals surface area contributed by atoms with E-state index in [9.17, 15) is 4.79 Å². The van der Waals surface area contributed by atoms with Crippen molar-refractivity contribution in [3.8, 4) is 11.5 Å². The lowest BCUT2D eigenvalue weighted by Crippen LogP contribution is -2.04. The molecule has 1 aromatic carbocycles. The molecule has 1 saturated carbocycles. The molecule has 1 aliphatic carbocycles. The molecular weight excluding hydrogens is 218 g/mol. The van der Waals surface area contributed by atoms with Gasteiger partial charge in [0.25, 0.3) is 0 Å². The second-order valence-corrected chi connectivity index (χ2v) is 4.24. The monoisotopic (exact) mass is 233 g/mol. The fourth-order valence-corrected chi connectivity index (χ4v) is 2.03. The van der Waals surface area contributed by atoms with Gasteiger partial charge in [0.2, 0.25) is 6.08 Å². The molecule has 1 fully saturated rings. The minimum Gasteiger partial charge on any atom is -0.496 e. The lowest BCUT2D eigenvalue weighted by atomic mass is 10.0. The highest BCUT2D eigenvalue weighted by atomic mass is 16.5. The summed E-state index contributed by atoms with van der Waals surface area (Å²) in [4.78, 5) is 14.4. The van der Waals surface area contributed by atoms with Crippen molar-refractivity contribution >= 4 is 6.08 Å². The molecular formula is C13H15NO3. The zero-order valence-corrected chi connectivity index (χ0v) is 10.2. The van der Waals surface area contributed by atoms with Gasteiger partial charge >= 0.3 is 0 Å². The van der Waals surface area contributed by atoms with Gasteiger partial charge in [0.05, 0.1) is 19.8 Å². The molecule has 1 aliphatic rings. The van der Waals surface area contributed by atoms with Gasteiger partial charge in [-0.3, -0.25) is 0 Å². The van der Waals surface area contributed by atoms with Crippen molar-refractivity contribution in [2.24, 2.45) is 4.99 Å². The van der Waals surface area contributed by atoms with Gasteiger partial charge in [0.15, 0.2) is 0 Å². The van der Waals surface area contributed by atoms with E-state index in [1.807, 2.05) is 19.1 Å². The molecule has 0 aromatic heterocycles. The van der Waals surface area contributed by atoms with Crippen LogP contribution in [0.2, 0.25) is 0 Å². The molecule has 0 radical (unpaired) electrons. The summed E-state index contributed by atoms with van der Waals surface area (Å²) in [5.41, 5.74) is 1.51. The van der Waals surface area contributed by atoms with Crippen molar-refractivity contribution in [3.05, 3.63) is 23.3 Å². The van der Waals surface area contributed by atoms with Crippen molar-refractivity contribution in [2.45, 2.75) is 25.3 Å². The Morgan fingerprint density at radius 3 is 2.12 bits per heavy atom. The summed E-state index contributed by atoms with van der Waals surface area (Å²) in [6, 6.07) is 3.84. The van der Waals surface area contributed by atoms with Crippen molar-refractivity contribution in [3.63, 3.8) is 0 Å². The summed E-state index contributed by atoms with van der Waals surface area (Å²) in [7, 11) is 3.24. The molecule has 0 bridgehead atoms. The first-order valence-corrected chi connectivity index (χ1v) is 5.49. The quantitative estimate of drug-likeness (QED) is 0.592. The third-order valence-electron chi connectivity index (χ3n) is 3.27. The predicted molar refractivity (Wildman–Crippen MR) is 63.3 cm³/mol. The summed E-state index contributed by atoms with van der Waals surface area (Å²) in [5, 5.41) is 0. The van der Waals surface area contributed by atoms with E-state index < -0.39 is 5.54 Å². The standard InChI is InChI=1S/C13H15NO3/c1-9-11(16-2)6-10(7-12(9)17-3)13(4-5-13)14-8-15/h6-7H,4-5H2,1-3H3. The number of carbonyl (C=O) groups excluding carboxylic acids is 1. The van der Waals surface area contributed by atoms with Crippen LogP contribution in [0.3, 0.4) is 0 Å². The Hall–Kier alpha value is -1.80. The lowest BCUT2D eigenvalue weighted by Gasteiger charge is -2.15. The molecule has 0 spiro atoms. The van der Waals surface area contributed by atoms with Crippen LogP contribution >= 0.6 is 0 Å². The highest BCUT2D eigenvalue weighted by molar-refractivity contribution is 5.52. The van der Waals surface area contributed by atoms with Gasteiger partial charge in [-0.25, -0.2) is 4.79 Å². The van der Waals surface area contributed by atoms with Crippen LogP contribution in [-0.4, -0.2) is 20.3 Å². The Labute approximate surface area is 100 Å². The Balaban J connectivity index is 2.52. The van der Waals surface area contributed by atoms with Crippen LogP contribution in [0, 0.1) is 6.92 Å². The number of methoxy groups -OCH3 is 2. The van der Waals surface area contributed by atoms with E-state index in [0.717, 1.165) is 35.5 Å². The summed E-state index contributed by atoms with van der Waals surface area (Å²) in [5.74, 6) is 1.51. The largest absolute Gasteiger partial charge is 0.496 e. The molecule has 0 N–H and O–H groups in total. The van der Waals surface area contributed by atoms with Crippen LogP contribution in [-0.2, 0) is 10.3 Å². The number of hydrogen-bond donors (Lipinski definition) is 0. The Bertz CT molecular complexity index is 460. The molecule has 0 heterocycles. The molecule has 0 saturated heterocycles. The van der Waals surface area contributed by atoms with Gasteiger partial charge < -0.3 is 9.47 Å². The Morgan fingerprint density at radius 2 is 1.76 bits per heavy atom. The van der Waals surface area contributed by atoms with Crippen molar-refractivity contribution in [2.75, 3.05) is 14.2 Å². The summed E-state index contributed by atoms with van der Waals surface area (Å²) < 4.78 is 10.6. The summed E-state index contributed by atoms with van der Waals surface area (Å²) >= 11 is 0. The normalized spacial score (nSPS) is 15.9. The second kappa shape index (κ2) is 4.22. The van der Waals surface area contributed by atoms with E-state index in [1.165, 1.54) is 0 Å². The molecule has 90 valence electrons. The van der Waals surface area contributed by atoms with Crippen LogP contribution in [0.15, 0.2) is 17.1 Å². The summed E-state index contributed by atoms with van der Waals surface area (Å²) in [6.07, 6.45) is 3.40. The first-order valence-electron chi connectivity index (χ1n) is 5.49. The smallest absolute Gasteiger partial charge is 0.235 e. The van der Waals surface area contributed by atoms with E-state index in [4.69, 9.17) is 9.47 Å². The van der Waals surface area contributed by atoms with Crippen LogP contribution in [0.4, 0.5) is 0 Å². The number of rotatable bonds is 4. The van der Waals surface area contributed by atoms with E-state index in [0.29, 0.717) is 0 Å². The minimum atomic E-state index is -0.393. The van der Waals surface area contributed by atoms with E-state index >= 15 is 0 Å². The van der Waals surface area contributed by atoms with Crippen molar-refractivity contribution < 1.29 is 14.3 Å². The number of aliphatic imine (C=N–C) groups is 1. The topological polar surface area (TPSA) is 47.9 Å². The summed E-state index contributed by atoms with van der Waals surface area (Å²) in [6.45, 7) is 1.93.